The van der Waals surface area contributed by atoms with Crippen LogP contribution in [-0.2, 0) is 11.3 Å². The smallest absolute Gasteiger partial charge is 0.266 e. The topological polar surface area (TPSA) is 79.4 Å². The molecule has 0 spiro atoms. The van der Waals surface area contributed by atoms with Crippen molar-refractivity contribution >= 4 is 16.9 Å². The Kier molecular flexibility index (Phi) is 6.32. The fourth-order valence-corrected chi connectivity index (χ4v) is 4.58. The Hall–Kier alpha value is -3.64. The third-order valence-corrected chi connectivity index (χ3v) is 6.29. The van der Waals surface area contributed by atoms with E-state index in [2.05, 4.69) is 17.1 Å². The lowest BCUT2D eigenvalue weighted by Crippen LogP contribution is -2.30. The predicted molar refractivity (Wildman–Crippen MR) is 135 cm³/mol. The molecule has 2 unspecified atom stereocenters. The number of nitrogen functional groups attached to an aromatic ring is 1. The van der Waals surface area contributed by atoms with Gasteiger partial charge in [-0.25, -0.2) is 4.98 Å². The zero-order chi connectivity index (χ0) is 23.5. The summed E-state index contributed by atoms with van der Waals surface area (Å²) in [5.74, 6) is 0.731. The summed E-state index contributed by atoms with van der Waals surface area (Å²) < 4.78 is 13.8. The molecule has 1 saturated heterocycles. The highest BCUT2D eigenvalue weighted by Crippen LogP contribution is 2.34. The molecule has 174 valence electrons. The van der Waals surface area contributed by atoms with Gasteiger partial charge in [-0.2, -0.15) is 0 Å². The van der Waals surface area contributed by atoms with E-state index in [0.717, 1.165) is 36.0 Å². The summed E-state index contributed by atoms with van der Waals surface area (Å²) in [4.78, 5) is 18.2. The number of benzene rings is 3. The van der Waals surface area contributed by atoms with Crippen molar-refractivity contribution in [3.8, 4) is 16.9 Å². The quantitative estimate of drug-likeness (QED) is 0.406. The number of hydrogen-bond acceptors (Lipinski definition) is 5. The van der Waals surface area contributed by atoms with Gasteiger partial charge in [-0.1, -0.05) is 67.6 Å². The van der Waals surface area contributed by atoms with Crippen LogP contribution in [0.15, 0.2) is 77.6 Å². The van der Waals surface area contributed by atoms with Gasteiger partial charge < -0.3 is 15.2 Å². The molecular weight excluding hydrogens is 426 g/mol. The normalized spacial score (nSPS) is 17.8. The monoisotopic (exact) mass is 455 g/mol. The summed E-state index contributed by atoms with van der Waals surface area (Å²) in [5.41, 5.74) is 9.78. The molecule has 34 heavy (non-hydrogen) atoms. The highest BCUT2D eigenvalue weighted by atomic mass is 16.5. The fraction of sp³-hybridized carbons (Fsp3) is 0.286. The van der Waals surface area contributed by atoms with Crippen LogP contribution < -0.4 is 16.0 Å². The van der Waals surface area contributed by atoms with Crippen LogP contribution in [0.1, 0.15) is 37.9 Å². The molecular formula is C28H29N3O3. The second-order valence-corrected chi connectivity index (χ2v) is 8.70. The first kappa shape index (κ1) is 22.2. The number of fused-ring (bicyclic) bond motifs is 1. The van der Waals surface area contributed by atoms with Gasteiger partial charge in [0, 0.05) is 0 Å². The molecule has 1 aliphatic rings. The minimum atomic E-state index is -0.194. The van der Waals surface area contributed by atoms with E-state index in [0.29, 0.717) is 29.8 Å². The average Bonchev–Trinajstić information content (AvgIpc) is 3.34. The lowest BCUT2D eigenvalue weighted by atomic mass is 10.0. The van der Waals surface area contributed by atoms with Gasteiger partial charge in [0.1, 0.15) is 11.1 Å². The van der Waals surface area contributed by atoms with Crippen LogP contribution in [0.4, 0.5) is 5.95 Å². The van der Waals surface area contributed by atoms with E-state index in [-0.39, 0.29) is 23.7 Å². The first-order valence-corrected chi connectivity index (χ1v) is 11.9. The van der Waals surface area contributed by atoms with Gasteiger partial charge in [-0.3, -0.25) is 9.36 Å². The van der Waals surface area contributed by atoms with Gasteiger partial charge in [0.2, 0.25) is 5.95 Å². The lowest BCUT2D eigenvalue weighted by Gasteiger charge is -2.18. The summed E-state index contributed by atoms with van der Waals surface area (Å²) >= 11 is 0. The molecule has 1 aliphatic heterocycles. The Bertz CT molecular complexity index is 1340. The molecule has 4 aromatic rings. The first-order chi connectivity index (χ1) is 16.6. The molecule has 0 saturated carbocycles. The zero-order valence-electron chi connectivity index (χ0n) is 19.3. The van der Waals surface area contributed by atoms with E-state index >= 15 is 0 Å². The molecule has 2 heterocycles. The maximum absolute atomic E-state index is 13.6. The van der Waals surface area contributed by atoms with E-state index in [1.807, 2.05) is 67.6 Å². The Morgan fingerprint density at radius 1 is 1.03 bits per heavy atom. The second-order valence-electron chi connectivity index (χ2n) is 8.70. The molecule has 3 aromatic carbocycles. The van der Waals surface area contributed by atoms with E-state index in [1.165, 1.54) is 4.57 Å². The highest BCUT2D eigenvalue weighted by molar-refractivity contribution is 5.90. The Morgan fingerprint density at radius 3 is 2.50 bits per heavy atom. The number of aromatic nitrogens is 2. The summed E-state index contributed by atoms with van der Waals surface area (Å²) in [6, 6.07) is 24.0. The second kappa shape index (κ2) is 9.69. The van der Waals surface area contributed by atoms with Crippen molar-refractivity contribution in [3.05, 3.63) is 88.7 Å². The maximum atomic E-state index is 13.6. The molecule has 2 atom stereocenters. The number of rotatable bonds is 7. The van der Waals surface area contributed by atoms with E-state index in [9.17, 15) is 4.79 Å². The Balaban J connectivity index is 1.50. The Labute approximate surface area is 199 Å². The van der Waals surface area contributed by atoms with Gasteiger partial charge in [0.25, 0.3) is 5.56 Å². The van der Waals surface area contributed by atoms with E-state index in [1.54, 1.807) is 0 Å². The fourth-order valence-electron chi connectivity index (χ4n) is 4.58. The molecule has 5 rings (SSSR count). The van der Waals surface area contributed by atoms with Crippen LogP contribution in [0.25, 0.3) is 22.0 Å². The van der Waals surface area contributed by atoms with Gasteiger partial charge in [0.05, 0.1) is 30.9 Å². The summed E-state index contributed by atoms with van der Waals surface area (Å²) in [5, 5.41) is 0.458. The summed E-state index contributed by atoms with van der Waals surface area (Å²) in [7, 11) is 0. The molecule has 6 heteroatoms. The molecule has 1 aromatic heterocycles. The van der Waals surface area contributed by atoms with Gasteiger partial charge >= 0.3 is 0 Å². The standard InChI is InChI=1S/C28H29N3O3/c1-2-15-33-25-17-21(19-9-5-3-6-10-19)16-23-26(25)27(32)31(28(29)30-23)18-22-13-14-24(34-22)20-11-7-4-8-12-20/h3-12,16-17,22,24H,2,13-15,18H2,1H3,(H2,29,30). The number of hydrogen-bond donors (Lipinski definition) is 1. The van der Waals surface area contributed by atoms with Crippen molar-refractivity contribution in [1.82, 2.24) is 9.55 Å². The van der Waals surface area contributed by atoms with Crippen molar-refractivity contribution in [2.75, 3.05) is 12.3 Å². The molecule has 0 amide bonds. The largest absolute Gasteiger partial charge is 0.493 e. The van der Waals surface area contributed by atoms with Crippen molar-refractivity contribution in [3.63, 3.8) is 0 Å². The SMILES string of the molecule is CCCOc1cc(-c2ccccc2)cc2nc(N)n(CC3CCC(c4ccccc4)O3)c(=O)c12. The number of nitrogens with two attached hydrogens (primary N) is 1. The predicted octanol–water partition coefficient (Wildman–Crippen LogP) is 5.35. The average molecular weight is 456 g/mol. The number of ether oxygens (including phenoxy) is 2. The van der Waals surface area contributed by atoms with Crippen molar-refractivity contribution in [2.45, 2.75) is 44.9 Å². The van der Waals surface area contributed by atoms with Gasteiger partial charge in [0.15, 0.2) is 0 Å². The van der Waals surface area contributed by atoms with Crippen molar-refractivity contribution < 1.29 is 9.47 Å². The third kappa shape index (κ3) is 4.41. The van der Waals surface area contributed by atoms with Crippen LogP contribution in [0, 0.1) is 0 Å². The molecule has 0 bridgehead atoms. The van der Waals surface area contributed by atoms with Crippen LogP contribution in [0.5, 0.6) is 5.75 Å². The Morgan fingerprint density at radius 2 is 1.76 bits per heavy atom. The first-order valence-electron chi connectivity index (χ1n) is 11.9. The van der Waals surface area contributed by atoms with Crippen molar-refractivity contribution in [2.24, 2.45) is 0 Å². The highest BCUT2D eigenvalue weighted by Gasteiger charge is 2.28. The van der Waals surface area contributed by atoms with Crippen LogP contribution in [0.3, 0.4) is 0 Å². The van der Waals surface area contributed by atoms with E-state index < -0.39 is 0 Å². The van der Waals surface area contributed by atoms with Gasteiger partial charge in [-0.15, -0.1) is 0 Å². The molecule has 1 fully saturated rings. The summed E-state index contributed by atoms with van der Waals surface area (Å²) in [6.45, 7) is 2.92. The minimum Gasteiger partial charge on any atom is -0.493 e. The van der Waals surface area contributed by atoms with Crippen LogP contribution in [0.2, 0.25) is 0 Å². The lowest BCUT2D eigenvalue weighted by molar-refractivity contribution is 0.0348. The zero-order valence-corrected chi connectivity index (χ0v) is 19.3. The molecule has 0 radical (unpaired) electrons. The number of anilines is 1. The third-order valence-electron chi connectivity index (χ3n) is 6.29. The molecule has 2 N–H and O–H groups in total. The summed E-state index contributed by atoms with van der Waals surface area (Å²) in [6.07, 6.45) is 2.54. The minimum absolute atomic E-state index is 0.0356. The molecule has 0 aliphatic carbocycles. The van der Waals surface area contributed by atoms with Crippen LogP contribution >= 0.6 is 0 Å². The van der Waals surface area contributed by atoms with Gasteiger partial charge in [-0.05, 0) is 48.1 Å². The number of nitrogens with zero attached hydrogens (tertiary/aromatic N) is 2. The maximum Gasteiger partial charge on any atom is 0.266 e. The van der Waals surface area contributed by atoms with E-state index in [4.69, 9.17) is 15.2 Å². The van der Waals surface area contributed by atoms with Crippen molar-refractivity contribution in [1.29, 1.82) is 0 Å². The molecule has 6 nitrogen and oxygen atoms in total. The van der Waals surface area contributed by atoms with Crippen LogP contribution in [-0.4, -0.2) is 22.3 Å².